The van der Waals surface area contributed by atoms with Gasteiger partial charge in [-0.1, -0.05) is 0 Å². The maximum atomic E-state index is 12.1. The molecule has 3 nitrogen and oxygen atoms in total. The number of aliphatic hydroxyl groups is 1. The van der Waals surface area contributed by atoms with E-state index in [1.54, 1.807) is 0 Å². The SMILES string of the molecule is O=C(CC1CCSCC1)N1CCCC1CO. The third kappa shape index (κ3) is 2.92. The maximum absolute atomic E-state index is 12.1. The van der Waals surface area contributed by atoms with E-state index in [0.29, 0.717) is 12.3 Å². The topological polar surface area (TPSA) is 40.5 Å². The van der Waals surface area contributed by atoms with E-state index in [4.69, 9.17) is 0 Å². The molecular weight excluding hydrogens is 222 g/mol. The van der Waals surface area contributed by atoms with Gasteiger partial charge in [0.2, 0.25) is 5.91 Å². The van der Waals surface area contributed by atoms with Gasteiger partial charge in [0.1, 0.15) is 0 Å². The molecule has 0 spiro atoms. The van der Waals surface area contributed by atoms with Crippen molar-refractivity contribution in [3.8, 4) is 0 Å². The summed E-state index contributed by atoms with van der Waals surface area (Å²) in [4.78, 5) is 14.0. The molecule has 1 N–H and O–H groups in total. The second kappa shape index (κ2) is 5.92. The summed E-state index contributed by atoms with van der Waals surface area (Å²) in [7, 11) is 0. The molecule has 2 aliphatic rings. The summed E-state index contributed by atoms with van der Waals surface area (Å²) in [6.07, 6.45) is 5.11. The van der Waals surface area contributed by atoms with Crippen molar-refractivity contribution in [2.75, 3.05) is 24.7 Å². The highest BCUT2D eigenvalue weighted by Crippen LogP contribution is 2.27. The van der Waals surface area contributed by atoms with Gasteiger partial charge in [0.25, 0.3) is 0 Å². The van der Waals surface area contributed by atoms with E-state index in [2.05, 4.69) is 0 Å². The monoisotopic (exact) mass is 243 g/mol. The predicted octanol–water partition coefficient (Wildman–Crippen LogP) is 1.50. The fourth-order valence-corrected chi connectivity index (χ4v) is 3.87. The molecule has 0 aromatic carbocycles. The van der Waals surface area contributed by atoms with E-state index in [0.717, 1.165) is 19.4 Å². The van der Waals surface area contributed by atoms with Crippen molar-refractivity contribution >= 4 is 17.7 Å². The predicted molar refractivity (Wildman–Crippen MR) is 66.5 cm³/mol. The quantitative estimate of drug-likeness (QED) is 0.816. The van der Waals surface area contributed by atoms with Crippen LogP contribution in [0.4, 0.5) is 0 Å². The fourth-order valence-electron chi connectivity index (χ4n) is 2.67. The van der Waals surface area contributed by atoms with Crippen LogP contribution in [0.15, 0.2) is 0 Å². The number of carbonyl (C=O) groups excluding carboxylic acids is 1. The summed E-state index contributed by atoms with van der Waals surface area (Å²) in [5.41, 5.74) is 0. The van der Waals surface area contributed by atoms with Crippen molar-refractivity contribution in [3.05, 3.63) is 0 Å². The minimum atomic E-state index is 0.102. The molecule has 0 saturated carbocycles. The number of hydrogen-bond acceptors (Lipinski definition) is 3. The number of aliphatic hydroxyl groups excluding tert-OH is 1. The van der Waals surface area contributed by atoms with Crippen LogP contribution >= 0.6 is 11.8 Å². The number of hydrogen-bond donors (Lipinski definition) is 1. The Morgan fingerprint density at radius 3 is 2.75 bits per heavy atom. The van der Waals surface area contributed by atoms with Gasteiger partial charge in [0, 0.05) is 13.0 Å². The molecule has 16 heavy (non-hydrogen) atoms. The van der Waals surface area contributed by atoms with Gasteiger partial charge in [-0.15, -0.1) is 0 Å². The number of amides is 1. The second-order valence-corrected chi connectivity index (χ2v) is 6.05. The smallest absolute Gasteiger partial charge is 0.223 e. The summed E-state index contributed by atoms with van der Waals surface area (Å²) in [5, 5.41) is 9.19. The summed E-state index contributed by atoms with van der Waals surface area (Å²) in [5.74, 6) is 3.28. The molecule has 1 amide bonds. The Morgan fingerprint density at radius 2 is 2.06 bits per heavy atom. The van der Waals surface area contributed by atoms with Gasteiger partial charge in [-0.05, 0) is 43.1 Å². The number of rotatable bonds is 3. The molecular formula is C12H21NO2S. The van der Waals surface area contributed by atoms with Gasteiger partial charge in [0.15, 0.2) is 0 Å². The molecule has 2 aliphatic heterocycles. The number of nitrogens with zero attached hydrogens (tertiary/aromatic N) is 1. The Hall–Kier alpha value is -0.220. The van der Waals surface area contributed by atoms with Crippen LogP contribution < -0.4 is 0 Å². The van der Waals surface area contributed by atoms with Crippen molar-refractivity contribution in [3.63, 3.8) is 0 Å². The van der Waals surface area contributed by atoms with Crippen molar-refractivity contribution in [2.45, 2.75) is 38.1 Å². The van der Waals surface area contributed by atoms with Crippen LogP contribution in [0.2, 0.25) is 0 Å². The standard InChI is InChI=1S/C12H21NO2S/c14-9-11-2-1-5-13(11)12(15)8-10-3-6-16-7-4-10/h10-11,14H,1-9H2. The normalized spacial score (nSPS) is 27.3. The molecule has 0 radical (unpaired) electrons. The van der Waals surface area contributed by atoms with Crippen molar-refractivity contribution < 1.29 is 9.90 Å². The summed E-state index contributed by atoms with van der Waals surface area (Å²) < 4.78 is 0. The third-order valence-corrected chi connectivity index (χ3v) is 4.76. The molecule has 2 fully saturated rings. The first-order valence-corrected chi connectivity index (χ1v) is 7.45. The van der Waals surface area contributed by atoms with E-state index >= 15 is 0 Å². The zero-order chi connectivity index (χ0) is 11.4. The molecule has 0 aliphatic carbocycles. The highest BCUT2D eigenvalue weighted by Gasteiger charge is 2.29. The maximum Gasteiger partial charge on any atom is 0.223 e. The van der Waals surface area contributed by atoms with Gasteiger partial charge in [0.05, 0.1) is 12.6 Å². The van der Waals surface area contributed by atoms with Crippen LogP contribution in [0.25, 0.3) is 0 Å². The number of carbonyl (C=O) groups is 1. The third-order valence-electron chi connectivity index (χ3n) is 3.71. The minimum absolute atomic E-state index is 0.102. The van der Waals surface area contributed by atoms with Gasteiger partial charge in [-0.2, -0.15) is 11.8 Å². The average Bonchev–Trinajstić information content (AvgIpc) is 2.78. The minimum Gasteiger partial charge on any atom is -0.394 e. The van der Waals surface area contributed by atoms with E-state index < -0.39 is 0 Å². The zero-order valence-corrected chi connectivity index (χ0v) is 10.5. The van der Waals surface area contributed by atoms with Crippen LogP contribution in [-0.2, 0) is 4.79 Å². The van der Waals surface area contributed by atoms with Crippen LogP contribution in [0.1, 0.15) is 32.1 Å². The lowest BCUT2D eigenvalue weighted by molar-refractivity contribution is -0.133. The summed E-state index contributed by atoms with van der Waals surface area (Å²) in [6, 6.07) is 0.102. The van der Waals surface area contributed by atoms with Crippen LogP contribution in [-0.4, -0.2) is 46.6 Å². The first kappa shape index (κ1) is 12.2. The van der Waals surface area contributed by atoms with E-state index in [9.17, 15) is 9.90 Å². The molecule has 0 aromatic rings. The Balaban J connectivity index is 1.82. The lowest BCUT2D eigenvalue weighted by Gasteiger charge is -2.27. The molecule has 4 heteroatoms. The number of likely N-dealkylation sites (tertiary alicyclic amines) is 1. The Bertz CT molecular complexity index is 241. The van der Waals surface area contributed by atoms with Crippen molar-refractivity contribution in [2.24, 2.45) is 5.92 Å². The van der Waals surface area contributed by atoms with E-state index in [1.807, 2.05) is 16.7 Å². The Morgan fingerprint density at radius 1 is 1.31 bits per heavy atom. The lowest BCUT2D eigenvalue weighted by Crippen LogP contribution is -2.38. The van der Waals surface area contributed by atoms with Gasteiger partial charge >= 0.3 is 0 Å². The highest BCUT2D eigenvalue weighted by molar-refractivity contribution is 7.99. The van der Waals surface area contributed by atoms with Crippen LogP contribution in [0.5, 0.6) is 0 Å². The second-order valence-electron chi connectivity index (χ2n) is 4.83. The summed E-state index contributed by atoms with van der Waals surface area (Å²) >= 11 is 2.00. The van der Waals surface area contributed by atoms with Crippen molar-refractivity contribution in [1.82, 2.24) is 4.90 Å². The molecule has 2 saturated heterocycles. The van der Waals surface area contributed by atoms with E-state index in [-0.39, 0.29) is 18.6 Å². The Labute approximate surface area is 102 Å². The molecule has 0 aromatic heterocycles. The van der Waals surface area contributed by atoms with Gasteiger partial charge in [-0.25, -0.2) is 0 Å². The van der Waals surface area contributed by atoms with E-state index in [1.165, 1.54) is 24.3 Å². The van der Waals surface area contributed by atoms with Gasteiger partial charge in [-0.3, -0.25) is 4.79 Å². The largest absolute Gasteiger partial charge is 0.394 e. The van der Waals surface area contributed by atoms with Crippen LogP contribution in [0.3, 0.4) is 0 Å². The molecule has 1 unspecified atom stereocenters. The molecule has 1 atom stereocenters. The molecule has 2 heterocycles. The van der Waals surface area contributed by atoms with Crippen LogP contribution in [0, 0.1) is 5.92 Å². The Kier molecular flexibility index (Phi) is 4.53. The molecule has 0 bridgehead atoms. The molecule has 92 valence electrons. The van der Waals surface area contributed by atoms with Crippen molar-refractivity contribution in [1.29, 1.82) is 0 Å². The lowest BCUT2D eigenvalue weighted by atomic mass is 9.98. The first-order valence-electron chi connectivity index (χ1n) is 6.29. The van der Waals surface area contributed by atoms with Gasteiger partial charge < -0.3 is 10.0 Å². The average molecular weight is 243 g/mol. The highest BCUT2D eigenvalue weighted by atomic mass is 32.2. The molecule has 2 rings (SSSR count). The summed E-state index contributed by atoms with van der Waals surface area (Å²) in [6.45, 7) is 0.984. The number of thioether (sulfide) groups is 1. The zero-order valence-electron chi connectivity index (χ0n) is 9.73. The fraction of sp³-hybridized carbons (Fsp3) is 0.917. The first-order chi connectivity index (χ1) is 7.81.